The van der Waals surface area contributed by atoms with Gasteiger partial charge in [-0.05, 0) is 41.9 Å². The first kappa shape index (κ1) is 12.2. The van der Waals surface area contributed by atoms with E-state index in [1.165, 1.54) is 6.33 Å². The fourth-order valence-electron chi connectivity index (χ4n) is 2.27. The summed E-state index contributed by atoms with van der Waals surface area (Å²) in [6.45, 7) is 0.629. The van der Waals surface area contributed by atoms with Crippen molar-refractivity contribution < 1.29 is 9.84 Å². The molecule has 1 aliphatic heterocycles. The van der Waals surface area contributed by atoms with Crippen LogP contribution in [0.25, 0.3) is 11.2 Å². The Bertz CT molecular complexity index is 565. The van der Waals surface area contributed by atoms with Crippen LogP contribution in [0.4, 0.5) is 0 Å². The zero-order chi connectivity index (χ0) is 12.5. The van der Waals surface area contributed by atoms with E-state index >= 15 is 0 Å². The maximum Gasteiger partial charge on any atom is 0.166 e. The van der Waals surface area contributed by atoms with Gasteiger partial charge >= 0.3 is 0 Å². The van der Waals surface area contributed by atoms with Crippen LogP contribution < -0.4 is 0 Å². The average Bonchev–Trinajstić information content (AvgIpc) is 2.80. The van der Waals surface area contributed by atoms with Crippen LogP contribution in [0.1, 0.15) is 31.3 Å². The summed E-state index contributed by atoms with van der Waals surface area (Å²) in [5, 5.41) is 9.45. The van der Waals surface area contributed by atoms with Gasteiger partial charge in [-0.1, -0.05) is 0 Å². The standard InChI is InChI=1S/C11H13IN4O2/c12-10-9-11(14-6-13-10)16(7(5-17)15-9)8-3-1-2-4-18-8/h6,8,17H,1-5H2. The molecule has 3 rings (SSSR count). The minimum absolute atomic E-state index is 0.0726. The van der Waals surface area contributed by atoms with Crippen LogP contribution in [-0.4, -0.2) is 31.2 Å². The molecule has 1 atom stereocenters. The molecule has 0 aliphatic carbocycles. The van der Waals surface area contributed by atoms with Crippen molar-refractivity contribution in [3.05, 3.63) is 15.9 Å². The van der Waals surface area contributed by atoms with E-state index in [4.69, 9.17) is 4.74 Å². The van der Waals surface area contributed by atoms with Gasteiger partial charge in [-0.15, -0.1) is 0 Å². The lowest BCUT2D eigenvalue weighted by molar-refractivity contribution is -0.0329. The van der Waals surface area contributed by atoms with E-state index in [0.717, 1.165) is 40.7 Å². The van der Waals surface area contributed by atoms with Gasteiger partial charge in [-0.25, -0.2) is 15.0 Å². The van der Waals surface area contributed by atoms with Crippen molar-refractivity contribution in [2.45, 2.75) is 32.1 Å². The SMILES string of the molecule is OCc1nc2c(I)ncnc2n1C1CCCCO1. The number of aromatic nitrogens is 4. The number of aliphatic hydroxyl groups excluding tert-OH is 1. The lowest BCUT2D eigenvalue weighted by Gasteiger charge is -2.25. The van der Waals surface area contributed by atoms with E-state index in [1.54, 1.807) is 0 Å². The fourth-order valence-corrected chi connectivity index (χ4v) is 2.75. The minimum Gasteiger partial charge on any atom is -0.388 e. The number of nitrogens with zero attached hydrogens (tertiary/aromatic N) is 4. The van der Waals surface area contributed by atoms with Gasteiger partial charge in [-0.3, -0.25) is 4.57 Å². The molecule has 1 fully saturated rings. The molecule has 7 heteroatoms. The van der Waals surface area contributed by atoms with Gasteiger partial charge in [0, 0.05) is 6.61 Å². The highest BCUT2D eigenvalue weighted by Crippen LogP contribution is 2.28. The molecule has 2 aromatic heterocycles. The van der Waals surface area contributed by atoms with Crippen LogP contribution in [0.3, 0.4) is 0 Å². The molecule has 0 amide bonds. The van der Waals surface area contributed by atoms with Gasteiger partial charge < -0.3 is 9.84 Å². The van der Waals surface area contributed by atoms with Crippen LogP contribution in [-0.2, 0) is 11.3 Å². The normalized spacial score (nSPS) is 20.4. The first-order chi connectivity index (χ1) is 8.81. The molecule has 0 bridgehead atoms. The Labute approximate surface area is 118 Å². The van der Waals surface area contributed by atoms with Crippen LogP contribution >= 0.6 is 22.6 Å². The largest absolute Gasteiger partial charge is 0.388 e. The van der Waals surface area contributed by atoms with Crippen molar-refractivity contribution in [3.8, 4) is 0 Å². The molecular weight excluding hydrogens is 347 g/mol. The van der Waals surface area contributed by atoms with Gasteiger partial charge in [0.2, 0.25) is 0 Å². The number of imidazole rings is 1. The molecular formula is C11H13IN4O2. The third-order valence-corrected chi connectivity index (χ3v) is 3.88. The van der Waals surface area contributed by atoms with E-state index in [9.17, 15) is 5.11 Å². The Morgan fingerprint density at radius 1 is 1.44 bits per heavy atom. The predicted molar refractivity (Wildman–Crippen MR) is 72.8 cm³/mol. The summed E-state index contributed by atoms with van der Waals surface area (Å²) in [7, 11) is 0. The van der Waals surface area contributed by atoms with Crippen LogP contribution in [0.2, 0.25) is 0 Å². The Morgan fingerprint density at radius 2 is 2.33 bits per heavy atom. The maximum absolute atomic E-state index is 9.45. The van der Waals surface area contributed by atoms with Crippen molar-refractivity contribution in [1.82, 2.24) is 19.5 Å². The lowest BCUT2D eigenvalue weighted by Crippen LogP contribution is -2.20. The minimum atomic E-state index is -0.119. The van der Waals surface area contributed by atoms with E-state index in [0.29, 0.717) is 5.82 Å². The second-order valence-electron chi connectivity index (χ2n) is 4.21. The zero-order valence-electron chi connectivity index (χ0n) is 9.71. The Morgan fingerprint density at radius 3 is 3.06 bits per heavy atom. The maximum atomic E-state index is 9.45. The van der Waals surface area contributed by atoms with Crippen molar-refractivity contribution >= 4 is 33.8 Å². The molecule has 0 spiro atoms. The molecule has 18 heavy (non-hydrogen) atoms. The van der Waals surface area contributed by atoms with E-state index in [1.807, 2.05) is 4.57 Å². The van der Waals surface area contributed by atoms with Crippen molar-refractivity contribution in [1.29, 1.82) is 0 Å². The first-order valence-electron chi connectivity index (χ1n) is 5.91. The number of ether oxygens (including phenoxy) is 1. The molecule has 3 heterocycles. The summed E-state index contributed by atoms with van der Waals surface area (Å²) in [6.07, 6.45) is 4.59. The summed E-state index contributed by atoms with van der Waals surface area (Å²) in [6, 6.07) is 0. The van der Waals surface area contributed by atoms with Crippen molar-refractivity contribution in [3.63, 3.8) is 0 Å². The fraction of sp³-hybridized carbons (Fsp3) is 0.545. The van der Waals surface area contributed by atoms with Crippen LogP contribution in [0, 0.1) is 3.70 Å². The van der Waals surface area contributed by atoms with Crippen molar-refractivity contribution in [2.24, 2.45) is 0 Å². The Balaban J connectivity index is 2.16. The average molecular weight is 360 g/mol. The molecule has 0 aromatic carbocycles. The molecule has 0 radical (unpaired) electrons. The number of hydrogen-bond acceptors (Lipinski definition) is 5. The molecule has 1 unspecified atom stereocenters. The number of rotatable bonds is 2. The van der Waals surface area contributed by atoms with Gasteiger partial charge in [0.15, 0.2) is 5.65 Å². The molecule has 1 aliphatic rings. The van der Waals surface area contributed by atoms with Crippen LogP contribution in [0.5, 0.6) is 0 Å². The monoisotopic (exact) mass is 360 g/mol. The highest BCUT2D eigenvalue weighted by Gasteiger charge is 2.23. The van der Waals surface area contributed by atoms with E-state index < -0.39 is 0 Å². The zero-order valence-corrected chi connectivity index (χ0v) is 11.9. The molecule has 1 N–H and O–H groups in total. The van der Waals surface area contributed by atoms with Gasteiger partial charge in [0.1, 0.15) is 34.2 Å². The van der Waals surface area contributed by atoms with Gasteiger partial charge in [0.25, 0.3) is 0 Å². The van der Waals surface area contributed by atoms with Gasteiger partial charge in [0.05, 0.1) is 0 Å². The number of fused-ring (bicyclic) bond motifs is 1. The summed E-state index contributed by atoms with van der Waals surface area (Å²) in [5.74, 6) is 0.593. The predicted octanol–water partition coefficient (Wildman–Crippen LogP) is 1.62. The molecule has 1 saturated heterocycles. The summed E-state index contributed by atoms with van der Waals surface area (Å²) < 4.78 is 8.46. The smallest absolute Gasteiger partial charge is 0.166 e. The Kier molecular flexibility index (Phi) is 3.44. The highest BCUT2D eigenvalue weighted by molar-refractivity contribution is 14.1. The third-order valence-electron chi connectivity index (χ3n) is 3.09. The number of aliphatic hydroxyl groups is 1. The number of hydrogen-bond donors (Lipinski definition) is 1. The molecule has 2 aromatic rings. The van der Waals surface area contributed by atoms with Gasteiger partial charge in [-0.2, -0.15) is 0 Å². The third kappa shape index (κ3) is 1.99. The van der Waals surface area contributed by atoms with Crippen LogP contribution in [0.15, 0.2) is 6.33 Å². The Hall–Kier alpha value is -0.800. The highest BCUT2D eigenvalue weighted by atomic mass is 127. The lowest BCUT2D eigenvalue weighted by atomic mass is 10.2. The summed E-state index contributed by atoms with van der Waals surface area (Å²) in [4.78, 5) is 12.8. The topological polar surface area (TPSA) is 73.1 Å². The number of halogens is 1. The summed E-state index contributed by atoms with van der Waals surface area (Å²) in [5.41, 5.74) is 1.47. The van der Waals surface area contributed by atoms with Crippen molar-refractivity contribution in [2.75, 3.05) is 6.61 Å². The first-order valence-corrected chi connectivity index (χ1v) is 6.99. The van der Waals surface area contributed by atoms with E-state index in [2.05, 4.69) is 37.5 Å². The quantitative estimate of drug-likeness (QED) is 0.651. The molecule has 96 valence electrons. The van der Waals surface area contributed by atoms with E-state index in [-0.39, 0.29) is 12.8 Å². The molecule has 0 saturated carbocycles. The summed E-state index contributed by atoms with van der Waals surface area (Å²) >= 11 is 2.13. The second kappa shape index (κ2) is 5.06. The molecule has 6 nitrogen and oxygen atoms in total. The second-order valence-corrected chi connectivity index (χ2v) is 5.24.